The Labute approximate surface area is 179 Å². The Bertz CT molecular complexity index is 734. The zero-order chi connectivity index (χ0) is 20.9. The smallest absolute Gasteiger partial charge is 0.253 e. The lowest BCUT2D eigenvalue weighted by atomic mass is 9.96. The second kappa shape index (κ2) is 9.82. The largest absolute Gasteiger partial charge is 0.490 e. The third-order valence-corrected chi connectivity index (χ3v) is 6.62. The molecule has 1 aromatic rings. The molecule has 1 saturated carbocycles. The van der Waals surface area contributed by atoms with Gasteiger partial charge in [-0.1, -0.05) is 6.07 Å². The zero-order valence-electron chi connectivity index (χ0n) is 18.1. The second-order valence-corrected chi connectivity index (χ2v) is 9.02. The van der Waals surface area contributed by atoms with Gasteiger partial charge < -0.3 is 19.3 Å². The topological polar surface area (TPSA) is 59.1 Å². The van der Waals surface area contributed by atoms with E-state index >= 15 is 0 Å². The second-order valence-electron chi connectivity index (χ2n) is 9.02. The summed E-state index contributed by atoms with van der Waals surface area (Å²) in [4.78, 5) is 28.9. The maximum absolute atomic E-state index is 12.9. The number of nitrogens with zero attached hydrogens (tertiary/aromatic N) is 2. The quantitative estimate of drug-likeness (QED) is 0.687. The maximum atomic E-state index is 12.9. The maximum Gasteiger partial charge on any atom is 0.253 e. The number of hydrogen-bond acceptors (Lipinski definition) is 4. The van der Waals surface area contributed by atoms with E-state index in [0.29, 0.717) is 17.4 Å². The van der Waals surface area contributed by atoms with Gasteiger partial charge in [-0.25, -0.2) is 0 Å². The lowest BCUT2D eigenvalue weighted by molar-refractivity contribution is -0.134. The molecular formula is C24H34N2O4. The number of ether oxygens (including phenoxy) is 2. The van der Waals surface area contributed by atoms with Crippen LogP contribution in [0.5, 0.6) is 5.75 Å². The molecule has 1 aromatic carbocycles. The molecule has 0 bridgehead atoms. The van der Waals surface area contributed by atoms with Crippen molar-refractivity contribution in [3.05, 3.63) is 29.8 Å². The van der Waals surface area contributed by atoms with Crippen LogP contribution in [-0.2, 0) is 9.53 Å². The molecule has 0 N–H and O–H groups in total. The summed E-state index contributed by atoms with van der Waals surface area (Å²) in [6.07, 6.45) is 7.12. The minimum absolute atomic E-state index is 0.0392. The highest BCUT2D eigenvalue weighted by Crippen LogP contribution is 2.32. The average Bonchev–Trinajstić information content (AvgIpc) is 3.63. The number of hydrogen-bond donors (Lipinski definition) is 0. The van der Waals surface area contributed by atoms with Gasteiger partial charge in [0.05, 0.1) is 0 Å². The molecule has 2 aliphatic heterocycles. The predicted molar refractivity (Wildman–Crippen MR) is 115 cm³/mol. The first-order chi connectivity index (χ1) is 14.6. The molecule has 0 atom stereocenters. The standard InChI is InChI=1S/C24H34N2O4/c1-25(12-7-18-10-15-29-16-11-18)23(27)20-3-2-4-22(17-20)30-21-8-13-26(14-9-21)24(28)19-5-6-19/h2-4,17-19,21H,5-16H2,1H3. The molecule has 3 aliphatic rings. The van der Waals surface area contributed by atoms with E-state index in [1.54, 1.807) is 0 Å². The van der Waals surface area contributed by atoms with E-state index in [4.69, 9.17) is 9.47 Å². The van der Waals surface area contributed by atoms with Crippen molar-refractivity contribution in [2.45, 2.75) is 51.0 Å². The van der Waals surface area contributed by atoms with Gasteiger partial charge in [-0.3, -0.25) is 9.59 Å². The molecule has 0 unspecified atom stereocenters. The monoisotopic (exact) mass is 414 g/mol. The Balaban J connectivity index is 1.25. The predicted octanol–water partition coefficient (Wildman–Crippen LogP) is 3.36. The Hall–Kier alpha value is -2.08. The van der Waals surface area contributed by atoms with Crippen LogP contribution in [0.25, 0.3) is 0 Å². The van der Waals surface area contributed by atoms with Crippen molar-refractivity contribution in [2.75, 3.05) is 39.9 Å². The summed E-state index contributed by atoms with van der Waals surface area (Å²) < 4.78 is 11.6. The van der Waals surface area contributed by atoms with Gasteiger partial charge in [0.25, 0.3) is 5.91 Å². The van der Waals surface area contributed by atoms with Gasteiger partial charge in [-0.15, -0.1) is 0 Å². The van der Waals surface area contributed by atoms with Crippen LogP contribution in [0.4, 0.5) is 0 Å². The van der Waals surface area contributed by atoms with Crippen LogP contribution in [0.3, 0.4) is 0 Å². The highest BCUT2D eigenvalue weighted by Gasteiger charge is 2.35. The van der Waals surface area contributed by atoms with Crippen LogP contribution >= 0.6 is 0 Å². The van der Waals surface area contributed by atoms with Crippen LogP contribution in [0.15, 0.2) is 24.3 Å². The van der Waals surface area contributed by atoms with Crippen molar-refractivity contribution in [3.63, 3.8) is 0 Å². The third kappa shape index (κ3) is 5.54. The average molecular weight is 415 g/mol. The summed E-state index contributed by atoms with van der Waals surface area (Å²) in [6.45, 7) is 3.99. The highest BCUT2D eigenvalue weighted by molar-refractivity contribution is 5.94. The van der Waals surface area contributed by atoms with Crippen molar-refractivity contribution >= 4 is 11.8 Å². The summed E-state index contributed by atoms with van der Waals surface area (Å²) in [5.74, 6) is 2.04. The van der Waals surface area contributed by atoms with Gasteiger partial charge in [0.15, 0.2) is 0 Å². The summed E-state index contributed by atoms with van der Waals surface area (Å²) in [5, 5.41) is 0. The fourth-order valence-corrected chi connectivity index (χ4v) is 4.41. The lowest BCUT2D eigenvalue weighted by Crippen LogP contribution is -2.42. The first kappa shape index (κ1) is 21.2. The van der Waals surface area contributed by atoms with E-state index in [0.717, 1.165) is 83.5 Å². The van der Waals surface area contributed by atoms with Crippen LogP contribution in [0.1, 0.15) is 55.3 Å². The van der Waals surface area contributed by atoms with Crippen molar-refractivity contribution in [2.24, 2.45) is 11.8 Å². The number of amides is 2. The summed E-state index contributed by atoms with van der Waals surface area (Å²) in [7, 11) is 1.88. The minimum Gasteiger partial charge on any atom is -0.490 e. The van der Waals surface area contributed by atoms with E-state index in [1.807, 2.05) is 41.1 Å². The molecule has 4 rings (SSSR count). The molecule has 2 saturated heterocycles. The lowest BCUT2D eigenvalue weighted by Gasteiger charge is -2.32. The fourth-order valence-electron chi connectivity index (χ4n) is 4.41. The Morgan fingerprint density at radius 1 is 1.10 bits per heavy atom. The Kier molecular flexibility index (Phi) is 6.93. The van der Waals surface area contributed by atoms with E-state index in [9.17, 15) is 9.59 Å². The van der Waals surface area contributed by atoms with Gasteiger partial charge >= 0.3 is 0 Å². The van der Waals surface area contributed by atoms with Crippen LogP contribution in [0.2, 0.25) is 0 Å². The van der Waals surface area contributed by atoms with E-state index in [1.165, 1.54) is 0 Å². The van der Waals surface area contributed by atoms with Gasteiger partial charge in [0.1, 0.15) is 11.9 Å². The van der Waals surface area contributed by atoms with Gasteiger partial charge in [-0.2, -0.15) is 0 Å². The highest BCUT2D eigenvalue weighted by atomic mass is 16.5. The molecule has 2 heterocycles. The molecule has 30 heavy (non-hydrogen) atoms. The number of carbonyl (C=O) groups excluding carboxylic acids is 2. The Morgan fingerprint density at radius 2 is 1.83 bits per heavy atom. The summed E-state index contributed by atoms with van der Waals surface area (Å²) in [6, 6.07) is 7.52. The number of likely N-dealkylation sites (tertiary alicyclic amines) is 1. The molecule has 3 fully saturated rings. The molecule has 0 radical (unpaired) electrons. The third-order valence-electron chi connectivity index (χ3n) is 6.62. The molecule has 0 aromatic heterocycles. The molecule has 2 amide bonds. The fraction of sp³-hybridized carbons (Fsp3) is 0.667. The van der Waals surface area contributed by atoms with E-state index < -0.39 is 0 Å². The number of rotatable bonds is 7. The first-order valence-corrected chi connectivity index (χ1v) is 11.5. The number of benzene rings is 1. The van der Waals surface area contributed by atoms with Crippen molar-refractivity contribution in [1.29, 1.82) is 0 Å². The molecule has 164 valence electrons. The molecule has 6 nitrogen and oxygen atoms in total. The van der Waals surface area contributed by atoms with Crippen LogP contribution in [-0.4, -0.2) is 67.6 Å². The van der Waals surface area contributed by atoms with E-state index in [-0.39, 0.29) is 17.9 Å². The van der Waals surface area contributed by atoms with Crippen LogP contribution < -0.4 is 4.74 Å². The Morgan fingerprint density at radius 3 is 2.53 bits per heavy atom. The van der Waals surface area contributed by atoms with Crippen molar-refractivity contribution in [1.82, 2.24) is 9.80 Å². The van der Waals surface area contributed by atoms with Gasteiger partial charge in [0, 0.05) is 64.2 Å². The number of carbonyl (C=O) groups is 2. The van der Waals surface area contributed by atoms with Gasteiger partial charge in [0.2, 0.25) is 5.91 Å². The first-order valence-electron chi connectivity index (χ1n) is 11.5. The summed E-state index contributed by atoms with van der Waals surface area (Å²) >= 11 is 0. The SMILES string of the molecule is CN(CCC1CCOCC1)C(=O)c1cccc(OC2CCN(C(=O)C3CC3)CC2)c1. The van der Waals surface area contributed by atoms with Gasteiger partial charge in [-0.05, 0) is 56.2 Å². The van der Waals surface area contributed by atoms with E-state index in [2.05, 4.69) is 0 Å². The molecule has 1 aliphatic carbocycles. The molecule has 0 spiro atoms. The van der Waals surface area contributed by atoms with Crippen molar-refractivity contribution < 1.29 is 19.1 Å². The van der Waals surface area contributed by atoms with Crippen LogP contribution in [0, 0.1) is 11.8 Å². The summed E-state index contributed by atoms with van der Waals surface area (Å²) in [5.41, 5.74) is 0.670. The molecule has 6 heteroatoms. The number of piperidine rings is 1. The normalized spacial score (nSPS) is 20.8. The van der Waals surface area contributed by atoms with Crippen molar-refractivity contribution in [3.8, 4) is 5.75 Å². The minimum atomic E-state index is 0.0392. The molecular weight excluding hydrogens is 380 g/mol. The zero-order valence-corrected chi connectivity index (χ0v) is 18.1.